The Morgan fingerprint density at radius 1 is 1.05 bits per heavy atom. The minimum atomic E-state index is -0.226. The van der Waals surface area contributed by atoms with Crippen LogP contribution in [0.2, 0.25) is 0 Å². The molecule has 0 heterocycles. The van der Waals surface area contributed by atoms with E-state index < -0.39 is 0 Å². The number of nitrogens with zero attached hydrogens (tertiary/aromatic N) is 3. The van der Waals surface area contributed by atoms with Crippen LogP contribution in [0.25, 0.3) is 0 Å². The summed E-state index contributed by atoms with van der Waals surface area (Å²) < 4.78 is 5.82. The van der Waals surface area contributed by atoms with E-state index in [0.717, 1.165) is 11.3 Å². The summed E-state index contributed by atoms with van der Waals surface area (Å²) in [5.41, 5.74) is 5.34. The maximum absolute atomic E-state index is 8.59. The summed E-state index contributed by atoms with van der Waals surface area (Å²) in [6, 6.07) is 16.4. The summed E-state index contributed by atoms with van der Waals surface area (Å²) in [4.78, 5) is 0. The lowest BCUT2D eigenvalue weighted by molar-refractivity contribution is 0.479. The van der Waals surface area contributed by atoms with Gasteiger partial charge >= 0.3 is 0 Å². The molecule has 0 aromatic heterocycles. The number of rotatable bonds is 4. The molecule has 0 amide bonds. The number of hydrogen-bond donors (Lipinski definition) is 1. The smallest absolute Gasteiger partial charge is 0.237 e. The van der Waals surface area contributed by atoms with Crippen molar-refractivity contribution in [1.82, 2.24) is 0 Å². The van der Waals surface area contributed by atoms with Crippen LogP contribution in [0.15, 0.2) is 47.6 Å². The predicted molar refractivity (Wildman–Crippen MR) is 84.7 cm³/mol. The molecule has 0 bridgehead atoms. The minimum Gasteiger partial charge on any atom is -0.457 e. The van der Waals surface area contributed by atoms with E-state index in [9.17, 15) is 0 Å². The summed E-state index contributed by atoms with van der Waals surface area (Å²) in [6.45, 7) is 4.03. The minimum absolute atomic E-state index is 0.226. The van der Waals surface area contributed by atoms with Gasteiger partial charge in [0.15, 0.2) is 0 Å². The first kappa shape index (κ1) is 15.1. The van der Waals surface area contributed by atoms with Crippen LogP contribution in [-0.4, -0.2) is 5.71 Å². The van der Waals surface area contributed by atoms with Crippen LogP contribution in [0.5, 0.6) is 11.5 Å². The number of nitrogens with one attached hydrogen (secondary N) is 1. The first-order valence-electron chi connectivity index (χ1n) is 6.61. The molecule has 0 unspecified atom stereocenters. The van der Waals surface area contributed by atoms with Gasteiger partial charge in [0.25, 0.3) is 0 Å². The lowest BCUT2D eigenvalue weighted by atomic mass is 10.1. The van der Waals surface area contributed by atoms with E-state index in [2.05, 4.69) is 16.6 Å². The van der Waals surface area contributed by atoms with Crippen molar-refractivity contribution in [3.8, 4) is 23.6 Å². The lowest BCUT2D eigenvalue weighted by Crippen LogP contribution is -1.96. The van der Waals surface area contributed by atoms with Crippen molar-refractivity contribution in [3.05, 3.63) is 53.6 Å². The molecule has 0 fully saturated rings. The summed E-state index contributed by atoms with van der Waals surface area (Å²) in [5.74, 6) is 1.50. The molecule has 2 aromatic rings. The molecule has 2 aromatic carbocycles. The summed E-state index contributed by atoms with van der Waals surface area (Å²) in [7, 11) is 0. The standard InChI is InChI=1S/C17H14N4O/c1-12-3-8-17(13(2)9-12)22-16-6-4-14(5-7-16)20-21-15(10-18)11-19/h3-9,20H,1-2H3. The Morgan fingerprint density at radius 3 is 2.32 bits per heavy atom. The molecule has 5 nitrogen and oxygen atoms in total. The van der Waals surface area contributed by atoms with Gasteiger partial charge in [0.2, 0.25) is 5.71 Å². The molecule has 2 rings (SSSR count). The van der Waals surface area contributed by atoms with Crippen molar-refractivity contribution in [1.29, 1.82) is 10.5 Å². The molecule has 0 atom stereocenters. The third-order valence-electron chi connectivity index (χ3n) is 2.92. The molecule has 0 saturated carbocycles. The van der Waals surface area contributed by atoms with Gasteiger partial charge in [-0.15, -0.1) is 0 Å². The van der Waals surface area contributed by atoms with Gasteiger partial charge in [-0.05, 0) is 49.7 Å². The lowest BCUT2D eigenvalue weighted by Gasteiger charge is -2.09. The topological polar surface area (TPSA) is 81.2 Å². The van der Waals surface area contributed by atoms with E-state index in [1.807, 2.05) is 26.0 Å². The first-order valence-corrected chi connectivity index (χ1v) is 6.61. The Kier molecular flexibility index (Phi) is 4.74. The molecule has 0 aliphatic rings. The number of hydrogen-bond acceptors (Lipinski definition) is 5. The van der Waals surface area contributed by atoms with E-state index in [0.29, 0.717) is 11.4 Å². The monoisotopic (exact) mass is 290 g/mol. The van der Waals surface area contributed by atoms with Gasteiger partial charge < -0.3 is 4.74 Å². The van der Waals surface area contributed by atoms with Crippen LogP contribution in [0, 0.1) is 36.5 Å². The average Bonchev–Trinajstić information content (AvgIpc) is 2.52. The maximum Gasteiger partial charge on any atom is 0.237 e. The van der Waals surface area contributed by atoms with Gasteiger partial charge in [0.1, 0.15) is 23.6 Å². The Labute approximate surface area is 129 Å². The van der Waals surface area contributed by atoms with Gasteiger partial charge in [0, 0.05) is 0 Å². The number of hydrazone groups is 1. The Balaban J connectivity index is 2.08. The number of benzene rings is 2. The van der Waals surface area contributed by atoms with Crippen LogP contribution >= 0.6 is 0 Å². The predicted octanol–water partition coefficient (Wildman–Crippen LogP) is 3.91. The third kappa shape index (κ3) is 3.84. The zero-order valence-corrected chi connectivity index (χ0v) is 12.3. The molecule has 0 spiro atoms. The zero-order chi connectivity index (χ0) is 15.9. The fourth-order valence-electron chi connectivity index (χ4n) is 1.83. The highest BCUT2D eigenvalue weighted by Crippen LogP contribution is 2.26. The molecular formula is C17H14N4O. The first-order chi connectivity index (χ1) is 10.6. The van der Waals surface area contributed by atoms with E-state index >= 15 is 0 Å². The fourth-order valence-corrected chi connectivity index (χ4v) is 1.83. The second-order valence-corrected chi connectivity index (χ2v) is 4.69. The van der Waals surface area contributed by atoms with E-state index in [4.69, 9.17) is 15.3 Å². The summed E-state index contributed by atoms with van der Waals surface area (Å²) in [5, 5.41) is 20.9. The molecule has 0 aliphatic carbocycles. The van der Waals surface area contributed by atoms with Crippen molar-refractivity contribution in [2.24, 2.45) is 5.10 Å². The maximum atomic E-state index is 8.59. The van der Waals surface area contributed by atoms with Crippen molar-refractivity contribution in [3.63, 3.8) is 0 Å². The molecular weight excluding hydrogens is 276 g/mol. The van der Waals surface area contributed by atoms with E-state index in [1.165, 1.54) is 5.56 Å². The van der Waals surface area contributed by atoms with Crippen molar-refractivity contribution in [2.75, 3.05) is 5.43 Å². The average molecular weight is 290 g/mol. The van der Waals surface area contributed by atoms with Gasteiger partial charge in [-0.25, -0.2) is 0 Å². The van der Waals surface area contributed by atoms with Crippen LogP contribution in [0.4, 0.5) is 5.69 Å². The van der Waals surface area contributed by atoms with Crippen molar-refractivity contribution >= 4 is 11.4 Å². The van der Waals surface area contributed by atoms with E-state index in [-0.39, 0.29) is 5.71 Å². The SMILES string of the molecule is Cc1ccc(Oc2ccc(NN=C(C#N)C#N)cc2)c(C)c1. The van der Waals surface area contributed by atoms with Gasteiger partial charge in [-0.1, -0.05) is 17.7 Å². The second-order valence-electron chi connectivity index (χ2n) is 4.69. The Hall–Kier alpha value is -3.31. The number of ether oxygens (including phenoxy) is 1. The number of aryl methyl sites for hydroxylation is 2. The highest BCUT2D eigenvalue weighted by molar-refractivity contribution is 6.10. The quantitative estimate of drug-likeness (QED) is 0.683. The highest BCUT2D eigenvalue weighted by atomic mass is 16.5. The van der Waals surface area contributed by atoms with Crippen LogP contribution in [0.1, 0.15) is 11.1 Å². The molecule has 0 aliphatic heterocycles. The number of anilines is 1. The van der Waals surface area contributed by atoms with Crippen LogP contribution in [0.3, 0.4) is 0 Å². The normalized spacial score (nSPS) is 9.27. The molecule has 5 heteroatoms. The summed E-state index contributed by atoms with van der Waals surface area (Å²) >= 11 is 0. The molecule has 22 heavy (non-hydrogen) atoms. The van der Waals surface area contributed by atoms with Crippen LogP contribution < -0.4 is 10.2 Å². The number of nitriles is 2. The molecule has 0 saturated heterocycles. The molecule has 0 radical (unpaired) electrons. The van der Waals surface area contributed by atoms with Crippen molar-refractivity contribution in [2.45, 2.75) is 13.8 Å². The van der Waals surface area contributed by atoms with Gasteiger partial charge in [-0.3, -0.25) is 5.43 Å². The van der Waals surface area contributed by atoms with Gasteiger partial charge in [0.05, 0.1) is 5.69 Å². The molecule has 1 N–H and O–H groups in total. The fraction of sp³-hybridized carbons (Fsp3) is 0.118. The Bertz CT molecular complexity index is 764. The van der Waals surface area contributed by atoms with Crippen LogP contribution in [-0.2, 0) is 0 Å². The van der Waals surface area contributed by atoms with Gasteiger partial charge in [-0.2, -0.15) is 15.6 Å². The van der Waals surface area contributed by atoms with Crippen molar-refractivity contribution < 1.29 is 4.74 Å². The third-order valence-corrected chi connectivity index (χ3v) is 2.92. The molecule has 108 valence electrons. The second kappa shape index (κ2) is 6.92. The summed E-state index contributed by atoms with van der Waals surface area (Å²) in [6.07, 6.45) is 0. The largest absolute Gasteiger partial charge is 0.457 e. The van der Waals surface area contributed by atoms with E-state index in [1.54, 1.807) is 36.4 Å². The highest BCUT2D eigenvalue weighted by Gasteiger charge is 2.02. The zero-order valence-electron chi connectivity index (χ0n) is 12.3. The Morgan fingerprint density at radius 2 is 1.73 bits per heavy atom.